The number of rotatable bonds is 3. The van der Waals surface area contributed by atoms with Crippen molar-refractivity contribution < 1.29 is 0 Å². The first kappa shape index (κ1) is 16.7. The molecule has 0 aliphatic rings. The number of H-pyrrole nitrogens is 1. The average molecular weight is 386 g/mol. The van der Waals surface area contributed by atoms with E-state index in [0.717, 1.165) is 28.3 Å². The summed E-state index contributed by atoms with van der Waals surface area (Å²) in [6, 6.07) is 10.9. The molecule has 6 heteroatoms. The van der Waals surface area contributed by atoms with Gasteiger partial charge in [-0.2, -0.15) is 0 Å². The van der Waals surface area contributed by atoms with E-state index in [2.05, 4.69) is 9.97 Å². The van der Waals surface area contributed by atoms with Crippen LogP contribution < -0.4 is 0 Å². The SMILES string of the molecule is Cc1[nH]c(Cc2ccc(Cl)c(Cl)c2)nc1-c1ccc(Cl)cc1Cl. The highest BCUT2D eigenvalue weighted by atomic mass is 35.5. The van der Waals surface area contributed by atoms with Gasteiger partial charge in [-0.15, -0.1) is 0 Å². The van der Waals surface area contributed by atoms with Crippen LogP contribution in [0, 0.1) is 6.92 Å². The van der Waals surface area contributed by atoms with Gasteiger partial charge in [0.2, 0.25) is 0 Å². The van der Waals surface area contributed by atoms with E-state index in [1.54, 1.807) is 18.2 Å². The fraction of sp³-hybridized carbons (Fsp3) is 0.118. The Morgan fingerprint density at radius 3 is 2.39 bits per heavy atom. The van der Waals surface area contributed by atoms with Crippen molar-refractivity contribution in [3.63, 3.8) is 0 Å². The summed E-state index contributed by atoms with van der Waals surface area (Å²) >= 11 is 24.2. The lowest BCUT2D eigenvalue weighted by molar-refractivity contribution is 1.02. The fourth-order valence-corrected chi connectivity index (χ4v) is 3.21. The summed E-state index contributed by atoms with van der Waals surface area (Å²) in [6.07, 6.45) is 0.628. The molecule has 23 heavy (non-hydrogen) atoms. The summed E-state index contributed by atoms with van der Waals surface area (Å²) < 4.78 is 0. The van der Waals surface area contributed by atoms with Crippen LogP contribution >= 0.6 is 46.4 Å². The molecular weight excluding hydrogens is 374 g/mol. The number of hydrogen-bond donors (Lipinski definition) is 1. The molecule has 1 heterocycles. The first-order valence-corrected chi connectivity index (χ1v) is 8.40. The van der Waals surface area contributed by atoms with Crippen LogP contribution in [-0.4, -0.2) is 9.97 Å². The van der Waals surface area contributed by atoms with Crippen molar-refractivity contribution in [3.8, 4) is 11.3 Å². The van der Waals surface area contributed by atoms with Crippen LogP contribution in [0.3, 0.4) is 0 Å². The van der Waals surface area contributed by atoms with Crippen LogP contribution in [0.1, 0.15) is 17.1 Å². The van der Waals surface area contributed by atoms with Gasteiger partial charge in [-0.3, -0.25) is 0 Å². The van der Waals surface area contributed by atoms with Gasteiger partial charge in [0, 0.05) is 22.7 Å². The number of nitrogens with zero attached hydrogens (tertiary/aromatic N) is 1. The Hall–Kier alpha value is -1.19. The Morgan fingerprint density at radius 2 is 1.70 bits per heavy atom. The third-order valence-corrected chi connectivity index (χ3v) is 4.76. The van der Waals surface area contributed by atoms with Crippen molar-refractivity contribution in [2.75, 3.05) is 0 Å². The summed E-state index contributed by atoms with van der Waals surface area (Å²) in [6.45, 7) is 1.96. The summed E-state index contributed by atoms with van der Waals surface area (Å²) in [5.41, 5.74) is 3.65. The molecule has 3 rings (SSSR count). The van der Waals surface area contributed by atoms with Crippen LogP contribution in [-0.2, 0) is 6.42 Å². The molecule has 0 radical (unpaired) electrons. The van der Waals surface area contributed by atoms with Crippen LogP contribution in [0.4, 0.5) is 0 Å². The van der Waals surface area contributed by atoms with Crippen molar-refractivity contribution >= 4 is 46.4 Å². The van der Waals surface area contributed by atoms with Gasteiger partial charge in [0.1, 0.15) is 5.82 Å². The molecule has 0 saturated carbocycles. The van der Waals surface area contributed by atoms with E-state index in [1.165, 1.54) is 0 Å². The van der Waals surface area contributed by atoms with Gasteiger partial charge >= 0.3 is 0 Å². The molecular formula is C17H12Cl4N2. The van der Waals surface area contributed by atoms with Crippen LogP contribution in [0.15, 0.2) is 36.4 Å². The topological polar surface area (TPSA) is 28.7 Å². The largest absolute Gasteiger partial charge is 0.345 e. The standard InChI is InChI=1S/C17H12Cl4N2/c1-9-17(12-4-3-11(18)8-14(12)20)23-16(22-9)7-10-2-5-13(19)15(21)6-10/h2-6,8H,7H2,1H3,(H,22,23). The second kappa shape index (κ2) is 6.74. The maximum atomic E-state index is 6.27. The highest BCUT2D eigenvalue weighted by Gasteiger charge is 2.13. The summed E-state index contributed by atoms with van der Waals surface area (Å²) in [5.74, 6) is 0.835. The molecule has 2 nitrogen and oxygen atoms in total. The van der Waals surface area contributed by atoms with Gasteiger partial charge in [0.25, 0.3) is 0 Å². The number of imidazole rings is 1. The van der Waals surface area contributed by atoms with Crippen molar-refractivity contribution in [1.82, 2.24) is 9.97 Å². The Morgan fingerprint density at radius 1 is 0.913 bits per heavy atom. The molecule has 1 N–H and O–H groups in total. The van der Waals surface area contributed by atoms with Gasteiger partial charge in [-0.25, -0.2) is 4.98 Å². The minimum absolute atomic E-state index is 0.536. The molecule has 0 spiro atoms. The lowest BCUT2D eigenvalue weighted by atomic mass is 10.1. The molecule has 0 unspecified atom stereocenters. The zero-order valence-corrected chi connectivity index (χ0v) is 15.2. The van der Waals surface area contributed by atoms with Gasteiger partial charge in [-0.05, 0) is 42.8 Å². The minimum atomic E-state index is 0.536. The smallest absolute Gasteiger partial charge is 0.111 e. The van der Waals surface area contributed by atoms with Crippen LogP contribution in [0.5, 0.6) is 0 Å². The number of halogens is 4. The molecule has 0 bridgehead atoms. The quantitative estimate of drug-likeness (QED) is 0.541. The van der Waals surface area contributed by atoms with E-state index < -0.39 is 0 Å². The predicted octanol–water partition coefficient (Wildman–Crippen LogP) is 6.59. The zero-order valence-electron chi connectivity index (χ0n) is 12.1. The van der Waals surface area contributed by atoms with Gasteiger partial charge < -0.3 is 4.98 Å². The molecule has 2 aromatic carbocycles. The van der Waals surface area contributed by atoms with E-state index in [-0.39, 0.29) is 0 Å². The van der Waals surface area contributed by atoms with Gasteiger partial charge in [-0.1, -0.05) is 52.5 Å². The minimum Gasteiger partial charge on any atom is -0.345 e. The average Bonchev–Trinajstić information content (AvgIpc) is 2.83. The van der Waals surface area contributed by atoms with Crippen molar-refractivity contribution in [2.45, 2.75) is 13.3 Å². The Bertz CT molecular complexity index is 871. The Balaban J connectivity index is 1.93. The Labute approximate surface area is 154 Å². The molecule has 0 saturated heterocycles. The molecule has 1 aromatic heterocycles. The van der Waals surface area contributed by atoms with Gasteiger partial charge in [0.15, 0.2) is 0 Å². The molecule has 3 aromatic rings. The molecule has 0 aliphatic carbocycles. The number of hydrogen-bond acceptors (Lipinski definition) is 1. The number of aromatic amines is 1. The zero-order chi connectivity index (χ0) is 16.6. The lowest BCUT2D eigenvalue weighted by Gasteiger charge is -2.02. The summed E-state index contributed by atoms with van der Waals surface area (Å²) in [4.78, 5) is 7.95. The third-order valence-electron chi connectivity index (χ3n) is 3.48. The summed E-state index contributed by atoms with van der Waals surface area (Å²) in [5, 5.41) is 2.25. The second-order valence-corrected chi connectivity index (χ2v) is 6.86. The number of aromatic nitrogens is 2. The third kappa shape index (κ3) is 3.67. The van der Waals surface area contributed by atoms with Crippen LogP contribution in [0.2, 0.25) is 20.1 Å². The van der Waals surface area contributed by atoms with E-state index in [9.17, 15) is 0 Å². The predicted molar refractivity (Wildman–Crippen MR) is 98.0 cm³/mol. The maximum absolute atomic E-state index is 6.27. The lowest BCUT2D eigenvalue weighted by Crippen LogP contribution is -1.91. The normalized spacial score (nSPS) is 11.0. The highest BCUT2D eigenvalue weighted by Crippen LogP contribution is 2.31. The number of aryl methyl sites for hydroxylation is 1. The van der Waals surface area contributed by atoms with E-state index >= 15 is 0 Å². The first-order chi connectivity index (χ1) is 10.9. The van der Waals surface area contributed by atoms with Crippen LogP contribution in [0.25, 0.3) is 11.3 Å². The van der Waals surface area contributed by atoms with E-state index in [1.807, 2.05) is 25.1 Å². The molecule has 0 aliphatic heterocycles. The maximum Gasteiger partial charge on any atom is 0.111 e. The van der Waals surface area contributed by atoms with Crippen molar-refractivity contribution in [1.29, 1.82) is 0 Å². The monoisotopic (exact) mass is 384 g/mol. The van der Waals surface area contributed by atoms with Gasteiger partial charge in [0.05, 0.1) is 20.8 Å². The van der Waals surface area contributed by atoms with Crippen molar-refractivity contribution in [3.05, 3.63) is 73.6 Å². The highest BCUT2D eigenvalue weighted by molar-refractivity contribution is 6.42. The van der Waals surface area contributed by atoms with Crippen molar-refractivity contribution in [2.24, 2.45) is 0 Å². The van der Waals surface area contributed by atoms with E-state index in [0.29, 0.717) is 26.5 Å². The molecule has 0 atom stereocenters. The fourth-order valence-electron chi connectivity index (χ4n) is 2.39. The molecule has 118 valence electrons. The Kier molecular flexibility index (Phi) is 4.88. The summed E-state index contributed by atoms with van der Waals surface area (Å²) in [7, 11) is 0. The second-order valence-electron chi connectivity index (χ2n) is 5.21. The molecule has 0 fully saturated rings. The first-order valence-electron chi connectivity index (χ1n) is 6.89. The number of nitrogens with one attached hydrogen (secondary N) is 1. The van der Waals surface area contributed by atoms with E-state index in [4.69, 9.17) is 46.4 Å². The molecule has 0 amide bonds. The number of benzene rings is 2.